The summed E-state index contributed by atoms with van der Waals surface area (Å²) in [4.78, 5) is 17.1. The average molecular weight is 306 g/mol. The molecule has 5 nitrogen and oxygen atoms in total. The molecule has 8 heteroatoms. The van der Waals surface area contributed by atoms with Crippen LogP contribution in [0.25, 0.3) is 0 Å². The molecule has 21 heavy (non-hydrogen) atoms. The number of aliphatic hydroxyl groups excluding tert-OH is 1. The Morgan fingerprint density at radius 1 is 1.48 bits per heavy atom. The Bertz CT molecular complexity index is 478. The van der Waals surface area contributed by atoms with Gasteiger partial charge in [-0.3, -0.25) is 4.79 Å². The Morgan fingerprint density at radius 2 is 2.14 bits per heavy atom. The second kappa shape index (κ2) is 7.26. The van der Waals surface area contributed by atoms with E-state index in [1.165, 1.54) is 30.1 Å². The van der Waals surface area contributed by atoms with Gasteiger partial charge in [-0.1, -0.05) is 6.07 Å². The lowest BCUT2D eigenvalue weighted by molar-refractivity contribution is -0.154. The molecule has 0 aliphatic heterocycles. The van der Waals surface area contributed by atoms with Crippen molar-refractivity contribution < 1.29 is 27.8 Å². The van der Waals surface area contributed by atoms with Gasteiger partial charge in [0.15, 0.2) is 6.61 Å². The second-order valence-electron chi connectivity index (χ2n) is 4.63. The van der Waals surface area contributed by atoms with Crippen molar-refractivity contribution in [3.8, 4) is 5.88 Å². The maximum Gasteiger partial charge on any atom is 0.422 e. The first-order valence-corrected chi connectivity index (χ1v) is 6.29. The third kappa shape index (κ3) is 6.44. The summed E-state index contributed by atoms with van der Waals surface area (Å²) in [7, 11) is 1.52. The number of aromatic nitrogens is 1. The van der Waals surface area contributed by atoms with E-state index in [1.807, 2.05) is 0 Å². The Kier molecular flexibility index (Phi) is 5.95. The van der Waals surface area contributed by atoms with Gasteiger partial charge in [0.25, 0.3) is 5.91 Å². The fourth-order valence-electron chi connectivity index (χ4n) is 1.45. The molecule has 0 saturated heterocycles. The van der Waals surface area contributed by atoms with E-state index >= 15 is 0 Å². The molecule has 1 rings (SSSR count). The fourth-order valence-corrected chi connectivity index (χ4v) is 1.45. The monoisotopic (exact) mass is 306 g/mol. The molecule has 0 bridgehead atoms. The summed E-state index contributed by atoms with van der Waals surface area (Å²) < 4.78 is 40.7. The van der Waals surface area contributed by atoms with E-state index in [0.717, 1.165) is 0 Å². The molecule has 1 unspecified atom stereocenters. The number of aliphatic hydroxyl groups is 1. The normalized spacial score (nSPS) is 12.9. The minimum atomic E-state index is -4.46. The molecule has 0 radical (unpaired) electrons. The highest BCUT2D eigenvalue weighted by Crippen LogP contribution is 2.17. The molecule has 1 aromatic heterocycles. The predicted octanol–water partition coefficient (Wildman–Crippen LogP) is 1.87. The van der Waals surface area contributed by atoms with E-state index in [4.69, 9.17) is 5.11 Å². The van der Waals surface area contributed by atoms with Crippen LogP contribution in [0.1, 0.15) is 23.8 Å². The molecule has 0 spiro atoms. The average Bonchev–Trinajstić information content (AvgIpc) is 2.41. The van der Waals surface area contributed by atoms with Gasteiger partial charge >= 0.3 is 6.18 Å². The van der Waals surface area contributed by atoms with Crippen molar-refractivity contribution in [2.24, 2.45) is 0 Å². The number of hydrogen-bond donors (Lipinski definition) is 1. The van der Waals surface area contributed by atoms with Gasteiger partial charge in [-0.15, -0.1) is 0 Å². The van der Waals surface area contributed by atoms with Gasteiger partial charge in [0.1, 0.15) is 5.69 Å². The van der Waals surface area contributed by atoms with Crippen LogP contribution in [0.4, 0.5) is 13.2 Å². The van der Waals surface area contributed by atoms with Crippen molar-refractivity contribution in [1.29, 1.82) is 0 Å². The van der Waals surface area contributed by atoms with E-state index in [2.05, 4.69) is 9.72 Å². The van der Waals surface area contributed by atoms with E-state index in [0.29, 0.717) is 13.0 Å². The van der Waals surface area contributed by atoms with Gasteiger partial charge in [0.05, 0.1) is 6.10 Å². The highest BCUT2D eigenvalue weighted by atomic mass is 19.4. The van der Waals surface area contributed by atoms with Gasteiger partial charge in [0.2, 0.25) is 5.88 Å². The molecule has 1 atom stereocenters. The lowest BCUT2D eigenvalue weighted by Crippen LogP contribution is -2.30. The zero-order valence-corrected chi connectivity index (χ0v) is 11.7. The Morgan fingerprint density at radius 3 is 2.71 bits per heavy atom. The molecule has 0 fully saturated rings. The quantitative estimate of drug-likeness (QED) is 0.871. The molecular weight excluding hydrogens is 289 g/mol. The SMILES string of the molecule is CC(O)CCN(C)C(=O)c1cccc(OCC(F)(F)F)n1. The molecule has 0 aromatic carbocycles. The Balaban J connectivity index is 2.68. The molecule has 0 aliphatic rings. The van der Waals surface area contributed by atoms with Crippen LogP contribution in [0, 0.1) is 0 Å². The van der Waals surface area contributed by atoms with Crippen molar-refractivity contribution in [2.75, 3.05) is 20.2 Å². The van der Waals surface area contributed by atoms with Crippen LogP contribution in [0.15, 0.2) is 18.2 Å². The standard InChI is InChI=1S/C13H17F3N2O3/c1-9(19)6-7-18(2)12(20)10-4-3-5-11(17-10)21-8-13(14,15)16/h3-5,9,19H,6-8H2,1-2H3. The van der Waals surface area contributed by atoms with Crippen LogP contribution in [-0.4, -0.2) is 53.4 Å². The number of alkyl halides is 3. The van der Waals surface area contributed by atoms with Crippen molar-refractivity contribution in [3.63, 3.8) is 0 Å². The molecule has 1 amide bonds. The number of amides is 1. The summed E-state index contributed by atoms with van der Waals surface area (Å²) in [6.07, 6.45) is -4.61. The largest absolute Gasteiger partial charge is 0.468 e. The highest BCUT2D eigenvalue weighted by Gasteiger charge is 2.28. The number of carbonyl (C=O) groups excluding carboxylic acids is 1. The molecule has 118 valence electrons. The van der Waals surface area contributed by atoms with E-state index in [1.54, 1.807) is 6.92 Å². The predicted molar refractivity (Wildman–Crippen MR) is 69.0 cm³/mol. The van der Waals surface area contributed by atoms with Gasteiger partial charge in [-0.05, 0) is 19.4 Å². The third-order valence-electron chi connectivity index (χ3n) is 2.56. The number of nitrogens with zero attached hydrogens (tertiary/aromatic N) is 2. The summed E-state index contributed by atoms with van der Waals surface area (Å²) in [5.74, 6) is -0.713. The van der Waals surface area contributed by atoms with E-state index in [-0.39, 0.29) is 11.6 Å². The zero-order chi connectivity index (χ0) is 16.0. The van der Waals surface area contributed by atoms with Crippen LogP contribution in [0.2, 0.25) is 0 Å². The summed E-state index contributed by atoms with van der Waals surface area (Å²) in [6, 6.07) is 4.04. The Labute approximate surface area is 120 Å². The molecular formula is C13H17F3N2O3. The second-order valence-corrected chi connectivity index (χ2v) is 4.63. The van der Waals surface area contributed by atoms with Gasteiger partial charge in [-0.25, -0.2) is 4.98 Å². The summed E-state index contributed by atoms with van der Waals surface area (Å²) >= 11 is 0. The van der Waals surface area contributed by atoms with Crippen molar-refractivity contribution in [3.05, 3.63) is 23.9 Å². The van der Waals surface area contributed by atoms with Gasteiger partial charge < -0.3 is 14.7 Å². The highest BCUT2D eigenvalue weighted by molar-refractivity contribution is 5.92. The molecule has 0 saturated carbocycles. The van der Waals surface area contributed by atoms with Crippen LogP contribution < -0.4 is 4.74 Å². The van der Waals surface area contributed by atoms with Crippen LogP contribution in [-0.2, 0) is 0 Å². The van der Waals surface area contributed by atoms with Crippen LogP contribution in [0.3, 0.4) is 0 Å². The Hall–Kier alpha value is -1.83. The summed E-state index contributed by atoms with van der Waals surface area (Å²) in [6.45, 7) is 0.448. The topological polar surface area (TPSA) is 62.7 Å². The molecule has 1 N–H and O–H groups in total. The van der Waals surface area contributed by atoms with Crippen molar-refractivity contribution in [2.45, 2.75) is 25.6 Å². The van der Waals surface area contributed by atoms with Crippen LogP contribution >= 0.6 is 0 Å². The smallest absolute Gasteiger partial charge is 0.422 e. The lowest BCUT2D eigenvalue weighted by Gasteiger charge is -2.17. The minimum absolute atomic E-state index is 0.0113. The third-order valence-corrected chi connectivity index (χ3v) is 2.56. The molecule has 0 aliphatic carbocycles. The maximum absolute atomic E-state index is 12.1. The van der Waals surface area contributed by atoms with E-state index < -0.39 is 24.8 Å². The maximum atomic E-state index is 12.1. The summed E-state index contributed by atoms with van der Waals surface area (Å²) in [5, 5.41) is 9.16. The number of rotatable bonds is 6. The number of pyridine rings is 1. The first-order valence-electron chi connectivity index (χ1n) is 6.29. The first kappa shape index (κ1) is 17.2. The van der Waals surface area contributed by atoms with Crippen molar-refractivity contribution >= 4 is 5.91 Å². The number of ether oxygens (including phenoxy) is 1. The number of carbonyl (C=O) groups is 1. The fraction of sp³-hybridized carbons (Fsp3) is 0.538. The first-order chi connectivity index (χ1) is 9.69. The van der Waals surface area contributed by atoms with Crippen LogP contribution in [0.5, 0.6) is 5.88 Å². The summed E-state index contributed by atoms with van der Waals surface area (Å²) in [5.41, 5.74) is -0.0113. The number of hydrogen-bond acceptors (Lipinski definition) is 4. The zero-order valence-electron chi connectivity index (χ0n) is 11.7. The van der Waals surface area contributed by atoms with Gasteiger partial charge in [0, 0.05) is 19.7 Å². The van der Waals surface area contributed by atoms with E-state index in [9.17, 15) is 18.0 Å². The lowest BCUT2D eigenvalue weighted by atomic mass is 10.2. The molecule has 1 heterocycles. The molecule has 1 aromatic rings. The van der Waals surface area contributed by atoms with Crippen molar-refractivity contribution in [1.82, 2.24) is 9.88 Å². The minimum Gasteiger partial charge on any atom is -0.468 e. The van der Waals surface area contributed by atoms with Gasteiger partial charge in [-0.2, -0.15) is 13.2 Å². The number of halogens is 3.